The second-order valence-corrected chi connectivity index (χ2v) is 15.0. The van der Waals surface area contributed by atoms with Crippen molar-refractivity contribution in [3.05, 3.63) is 40.4 Å². The van der Waals surface area contributed by atoms with E-state index in [-0.39, 0.29) is 42.4 Å². The van der Waals surface area contributed by atoms with Crippen LogP contribution in [0.1, 0.15) is 64.4 Å². The number of rotatable bonds is 3. The van der Waals surface area contributed by atoms with E-state index in [9.17, 15) is 24.9 Å². The lowest BCUT2D eigenvalue weighted by Crippen LogP contribution is -2.59. The molecule has 2 saturated carbocycles. The van der Waals surface area contributed by atoms with E-state index in [0.717, 1.165) is 47.0 Å². The summed E-state index contributed by atoms with van der Waals surface area (Å²) in [7, 11) is 0. The fourth-order valence-corrected chi connectivity index (χ4v) is 11.3. The molecule has 2 aliphatic carbocycles. The normalized spacial score (nSPS) is 47.0. The first kappa shape index (κ1) is 28.0. The van der Waals surface area contributed by atoms with Crippen LogP contribution in [0.15, 0.2) is 34.8 Å². The fourth-order valence-electron chi connectivity index (χ4n) is 10.9. The lowest BCUT2D eigenvalue weighted by molar-refractivity contribution is -0.161. The Bertz CT molecular complexity index is 1340. The fraction of sp³-hybridized carbons (Fsp3) is 0.688. The van der Waals surface area contributed by atoms with E-state index in [4.69, 9.17) is 4.74 Å². The van der Waals surface area contributed by atoms with Crippen molar-refractivity contribution < 1.29 is 29.6 Å². The van der Waals surface area contributed by atoms with Crippen molar-refractivity contribution >= 4 is 33.5 Å². The number of halogens is 1. The lowest BCUT2D eigenvalue weighted by Gasteiger charge is -2.60. The topological polar surface area (TPSA) is 119 Å². The molecule has 9 heteroatoms. The molecule has 0 bridgehead atoms. The minimum atomic E-state index is -1.24. The number of ether oxygens (including phenoxy) is 1. The maximum absolute atomic E-state index is 14.5. The van der Waals surface area contributed by atoms with Crippen molar-refractivity contribution in [1.82, 2.24) is 4.90 Å². The maximum atomic E-state index is 14.5. The van der Waals surface area contributed by atoms with Crippen LogP contribution in [0.5, 0.6) is 0 Å². The van der Waals surface area contributed by atoms with E-state index in [0.29, 0.717) is 25.8 Å². The summed E-state index contributed by atoms with van der Waals surface area (Å²) in [5.41, 5.74) is -0.647. The molecule has 4 N–H and O–H groups in total. The molecule has 1 aromatic rings. The van der Waals surface area contributed by atoms with E-state index in [1.54, 1.807) is 0 Å². The van der Waals surface area contributed by atoms with Crippen LogP contribution in [-0.4, -0.2) is 70.1 Å². The van der Waals surface area contributed by atoms with Crippen molar-refractivity contribution in [3.63, 3.8) is 0 Å². The van der Waals surface area contributed by atoms with Crippen LogP contribution in [0, 0.1) is 34.0 Å². The molecule has 0 aromatic heterocycles. The molecule has 10 atom stereocenters. The van der Waals surface area contributed by atoms with Gasteiger partial charge in [0.2, 0.25) is 5.91 Å². The number of allylic oxidation sites excluding steroid dienone is 1. The predicted molar refractivity (Wildman–Crippen MR) is 156 cm³/mol. The summed E-state index contributed by atoms with van der Waals surface area (Å²) in [5.74, 6) is -1.11. The van der Waals surface area contributed by atoms with Gasteiger partial charge in [0.1, 0.15) is 23.7 Å². The van der Waals surface area contributed by atoms with E-state index in [1.807, 2.05) is 25.1 Å². The van der Waals surface area contributed by atoms with Crippen LogP contribution in [0.3, 0.4) is 0 Å². The zero-order valence-electron chi connectivity index (χ0n) is 23.9. The molecule has 222 valence electrons. The van der Waals surface area contributed by atoms with E-state index >= 15 is 0 Å². The van der Waals surface area contributed by atoms with Gasteiger partial charge in [0.25, 0.3) is 0 Å². The average Bonchev–Trinajstić information content (AvgIpc) is 3.66. The number of aliphatic hydroxyl groups is 3. The number of hydrogen-bond acceptors (Lipinski definition) is 7. The summed E-state index contributed by atoms with van der Waals surface area (Å²) >= 11 is 3.63. The van der Waals surface area contributed by atoms with Crippen LogP contribution in [0.2, 0.25) is 0 Å². The number of nitrogens with zero attached hydrogens (tertiary/aromatic N) is 1. The second kappa shape index (κ2) is 9.11. The summed E-state index contributed by atoms with van der Waals surface area (Å²) in [6.07, 6.45) is 3.34. The highest BCUT2D eigenvalue weighted by Gasteiger charge is 2.79. The molecule has 5 fully saturated rings. The van der Waals surface area contributed by atoms with Crippen LogP contribution in [0.4, 0.5) is 5.69 Å². The maximum Gasteiger partial charge on any atom is 0.316 e. The largest absolute Gasteiger partial charge is 0.462 e. The van der Waals surface area contributed by atoms with Gasteiger partial charge in [-0.1, -0.05) is 41.9 Å². The van der Waals surface area contributed by atoms with Gasteiger partial charge >= 0.3 is 5.97 Å². The van der Waals surface area contributed by atoms with Crippen molar-refractivity contribution in [2.75, 3.05) is 25.1 Å². The molecule has 7 rings (SSSR count). The first-order chi connectivity index (χ1) is 19.5. The molecule has 4 aliphatic heterocycles. The Balaban J connectivity index is 1.43. The Morgan fingerprint density at radius 2 is 1.95 bits per heavy atom. The zero-order chi connectivity index (χ0) is 29.1. The molecule has 4 heterocycles. The van der Waals surface area contributed by atoms with Crippen LogP contribution >= 0.6 is 15.9 Å². The number of fused-ring (bicyclic) bond motifs is 6. The van der Waals surface area contributed by atoms with E-state index in [1.165, 1.54) is 0 Å². The predicted octanol–water partition coefficient (Wildman–Crippen LogP) is 3.73. The smallest absolute Gasteiger partial charge is 0.316 e. The summed E-state index contributed by atoms with van der Waals surface area (Å²) in [6, 6.07) is 5.51. The van der Waals surface area contributed by atoms with Gasteiger partial charge in [0, 0.05) is 33.1 Å². The highest BCUT2D eigenvalue weighted by Crippen LogP contribution is 2.70. The number of carbonyl (C=O) groups is 2. The van der Waals surface area contributed by atoms with Crippen molar-refractivity contribution in [2.45, 2.75) is 82.6 Å². The second-order valence-electron chi connectivity index (χ2n) is 14.1. The van der Waals surface area contributed by atoms with Gasteiger partial charge in [-0.05, 0) is 86.9 Å². The van der Waals surface area contributed by atoms with Crippen molar-refractivity contribution in [1.29, 1.82) is 0 Å². The van der Waals surface area contributed by atoms with Gasteiger partial charge in [0.15, 0.2) is 0 Å². The van der Waals surface area contributed by atoms with E-state index < -0.39 is 40.5 Å². The number of aliphatic hydroxyl groups excluding tert-OH is 3. The monoisotopic (exact) mass is 628 g/mol. The number of amides is 1. The van der Waals surface area contributed by atoms with Gasteiger partial charge in [-0.25, -0.2) is 0 Å². The number of nitrogens with one attached hydrogen (secondary N) is 1. The number of carbonyl (C=O) groups excluding carboxylic acids is 2. The average molecular weight is 630 g/mol. The van der Waals surface area contributed by atoms with Crippen LogP contribution < -0.4 is 5.32 Å². The quantitative estimate of drug-likeness (QED) is 0.297. The van der Waals surface area contributed by atoms with Gasteiger partial charge in [-0.15, -0.1) is 0 Å². The molecular formula is C32H41BrN2O6. The van der Waals surface area contributed by atoms with Crippen LogP contribution in [-0.2, 0) is 19.9 Å². The molecule has 3 saturated heterocycles. The number of anilines is 1. The molecule has 2 unspecified atom stereocenters. The Morgan fingerprint density at radius 1 is 1.17 bits per heavy atom. The standard InChI is InChI=1S/C32H41BrN2O6/c1-17-6-9-22-29(2,11-10-25(37)30(22,3)16-36)19(17)14-23-31(26(38)15-41-28(31)40)24-5-4-12-35(24)32(23)20-13-18(33)7-8-21(20)34-27(32)39/h7-8,13,19,22-26,36-38H,1,4-6,9-12,14-16H2,2-3H3,(H,34,39)/t19-,22+,23?,24?,25-,26-,29-,30+,31-,32+/m1/s1. The number of esters is 1. The van der Waals surface area contributed by atoms with Gasteiger partial charge < -0.3 is 25.4 Å². The highest BCUT2D eigenvalue weighted by molar-refractivity contribution is 9.10. The number of benzene rings is 1. The summed E-state index contributed by atoms with van der Waals surface area (Å²) in [6.45, 7) is 9.30. The molecule has 1 amide bonds. The molecule has 6 aliphatic rings. The summed E-state index contributed by atoms with van der Waals surface area (Å²) < 4.78 is 6.51. The lowest BCUT2D eigenvalue weighted by atomic mass is 9.44. The Hall–Kier alpha value is -1.78. The third-order valence-corrected chi connectivity index (χ3v) is 13.3. The third kappa shape index (κ3) is 3.25. The Morgan fingerprint density at radius 3 is 2.66 bits per heavy atom. The molecule has 2 spiro atoms. The van der Waals surface area contributed by atoms with Crippen LogP contribution in [0.25, 0.3) is 0 Å². The molecule has 41 heavy (non-hydrogen) atoms. The van der Waals surface area contributed by atoms with Crippen molar-refractivity contribution in [2.24, 2.45) is 34.0 Å². The van der Waals surface area contributed by atoms with Crippen molar-refractivity contribution in [3.8, 4) is 0 Å². The minimum absolute atomic E-state index is 0.0478. The first-order valence-corrected chi connectivity index (χ1v) is 16.0. The summed E-state index contributed by atoms with van der Waals surface area (Å²) in [4.78, 5) is 30.7. The van der Waals surface area contributed by atoms with Gasteiger partial charge in [0.05, 0.1) is 12.7 Å². The molecule has 1 aromatic carbocycles. The zero-order valence-corrected chi connectivity index (χ0v) is 25.5. The highest BCUT2D eigenvalue weighted by atomic mass is 79.9. The van der Waals surface area contributed by atoms with Gasteiger partial charge in [-0.2, -0.15) is 0 Å². The SMILES string of the molecule is C=C1CC[C@@H]2[C@](C)(CO)[C@H](O)CC[C@]2(C)[C@@H]1CC1[C@@]2(C(=O)OC[C@H]2O)C2CCCN2[C@]12C(=O)Nc1ccc(Br)cc12. The number of hydrogen-bond donors (Lipinski definition) is 4. The Labute approximate surface area is 249 Å². The number of cyclic esters (lactones) is 1. The molecular weight excluding hydrogens is 588 g/mol. The van der Waals surface area contributed by atoms with E-state index in [2.05, 4.69) is 39.6 Å². The first-order valence-electron chi connectivity index (χ1n) is 15.2. The van der Waals surface area contributed by atoms with Gasteiger partial charge in [-0.3, -0.25) is 14.5 Å². The minimum Gasteiger partial charge on any atom is -0.462 e. The molecule has 0 radical (unpaired) electrons. The Kier molecular flexibility index (Phi) is 6.23. The summed E-state index contributed by atoms with van der Waals surface area (Å²) in [5, 5.41) is 36.5. The third-order valence-electron chi connectivity index (χ3n) is 12.8. The molecule has 8 nitrogen and oxygen atoms in total.